The Kier molecular flexibility index (Phi) is 9.55. The number of carbonyl (C=O) groups excluding carboxylic acids is 2. The second-order valence-corrected chi connectivity index (χ2v) is 7.62. The van der Waals surface area contributed by atoms with E-state index in [0.29, 0.717) is 19.4 Å². The van der Waals surface area contributed by atoms with Crippen molar-refractivity contribution in [2.45, 2.75) is 31.3 Å². The lowest BCUT2D eigenvalue weighted by Crippen LogP contribution is -2.56. The summed E-state index contributed by atoms with van der Waals surface area (Å²) in [6.45, 7) is 2.48. The van der Waals surface area contributed by atoms with Crippen LogP contribution in [0.3, 0.4) is 0 Å². The lowest BCUT2D eigenvalue weighted by atomic mass is 9.85. The molecule has 2 fully saturated rings. The van der Waals surface area contributed by atoms with E-state index in [1.165, 1.54) is 0 Å². The summed E-state index contributed by atoms with van der Waals surface area (Å²) in [5, 5.41) is 16.3. The highest BCUT2D eigenvalue weighted by Crippen LogP contribution is 2.34. The molecule has 2 aliphatic rings. The van der Waals surface area contributed by atoms with Gasteiger partial charge in [0.15, 0.2) is 0 Å². The van der Waals surface area contributed by atoms with Crippen LogP contribution in [0.1, 0.15) is 24.2 Å². The number of likely N-dealkylation sites (tertiary alicyclic amines) is 1. The van der Waals surface area contributed by atoms with Crippen molar-refractivity contribution >= 4 is 24.9 Å². The number of carboxylic acid groups (broad SMARTS) is 2. The fraction of sp³-hybridized carbons (Fsp3) is 0.409. The third-order valence-corrected chi connectivity index (χ3v) is 5.84. The Morgan fingerprint density at radius 1 is 1.09 bits per heavy atom. The second-order valence-electron chi connectivity index (χ2n) is 7.62. The summed E-state index contributed by atoms with van der Waals surface area (Å²) in [6.07, 6.45) is 5.98. The van der Waals surface area contributed by atoms with Crippen LogP contribution in [0.15, 0.2) is 42.7 Å². The number of rotatable bonds is 5. The first kappa shape index (κ1) is 25.5. The fourth-order valence-electron chi connectivity index (χ4n) is 4.13. The van der Waals surface area contributed by atoms with Gasteiger partial charge in [-0.2, -0.15) is 0 Å². The van der Waals surface area contributed by atoms with Crippen LogP contribution in [0.2, 0.25) is 0 Å². The Morgan fingerprint density at radius 3 is 2.24 bits per heavy atom. The number of carbonyl (C=O) groups is 4. The van der Waals surface area contributed by atoms with E-state index >= 15 is 0 Å². The zero-order chi connectivity index (χ0) is 24.3. The fourth-order valence-corrected chi connectivity index (χ4v) is 4.13. The van der Waals surface area contributed by atoms with Crippen molar-refractivity contribution in [2.24, 2.45) is 7.05 Å². The number of aromatic nitrogens is 2. The number of hydrogen-bond acceptors (Lipinski definition) is 6. The minimum atomic E-state index is -0.716. The molecule has 178 valence electrons. The van der Waals surface area contributed by atoms with Gasteiger partial charge in [-0.05, 0) is 18.4 Å². The van der Waals surface area contributed by atoms with Gasteiger partial charge in [0, 0.05) is 52.0 Å². The van der Waals surface area contributed by atoms with E-state index in [1.54, 1.807) is 4.90 Å². The standard InChI is InChI=1S/C20H25N5O2.2CH2O2/c1-23-14-10-21-17(23)7-11-24-12-8-20(9-13-24)18(26)22-19(27)25(20)15-16-5-3-2-4-6-16;2*2-1-3/h2-6,10,14H,7-9,11-13,15H2,1H3,(H,22,26,27);2*1H,(H,2,3). The van der Waals surface area contributed by atoms with E-state index in [-0.39, 0.29) is 24.9 Å². The van der Waals surface area contributed by atoms with Gasteiger partial charge >= 0.3 is 6.03 Å². The van der Waals surface area contributed by atoms with Crippen LogP contribution < -0.4 is 5.32 Å². The topological polar surface area (TPSA) is 145 Å². The zero-order valence-electron chi connectivity index (χ0n) is 18.5. The van der Waals surface area contributed by atoms with Gasteiger partial charge in [0.25, 0.3) is 18.9 Å². The summed E-state index contributed by atoms with van der Waals surface area (Å²) < 4.78 is 2.04. The average Bonchev–Trinajstić information content (AvgIpc) is 3.31. The molecule has 2 aliphatic heterocycles. The number of imidazole rings is 1. The average molecular weight is 460 g/mol. The number of imide groups is 1. The molecule has 3 N–H and O–H groups in total. The molecule has 0 unspecified atom stereocenters. The molecular formula is C22H29N5O6. The van der Waals surface area contributed by atoms with E-state index < -0.39 is 5.54 Å². The van der Waals surface area contributed by atoms with Gasteiger partial charge in [-0.15, -0.1) is 0 Å². The van der Waals surface area contributed by atoms with Crippen molar-refractivity contribution in [1.82, 2.24) is 24.7 Å². The maximum absolute atomic E-state index is 12.7. The van der Waals surface area contributed by atoms with Crippen molar-refractivity contribution in [2.75, 3.05) is 19.6 Å². The Morgan fingerprint density at radius 2 is 1.70 bits per heavy atom. The molecule has 2 saturated heterocycles. The first-order valence-electron chi connectivity index (χ1n) is 10.4. The lowest BCUT2D eigenvalue weighted by molar-refractivity contribution is -0.129. The number of hydrogen-bond donors (Lipinski definition) is 3. The molecule has 3 amide bonds. The number of aryl methyl sites for hydroxylation is 1. The second kappa shape index (κ2) is 12.3. The maximum atomic E-state index is 12.7. The Bertz CT molecular complexity index is 918. The third-order valence-electron chi connectivity index (χ3n) is 5.84. The SMILES string of the molecule is Cn1ccnc1CCN1CCC2(CC1)C(=O)NC(=O)N2Cc1ccccc1.O=CO.O=CO. The first-order chi connectivity index (χ1) is 15.9. The van der Waals surface area contributed by atoms with Gasteiger partial charge < -0.3 is 24.6 Å². The molecule has 0 bridgehead atoms. The summed E-state index contributed by atoms with van der Waals surface area (Å²) in [6, 6.07) is 9.58. The maximum Gasteiger partial charge on any atom is 0.325 e. The van der Waals surface area contributed by atoms with Gasteiger partial charge in [0.05, 0.1) is 0 Å². The van der Waals surface area contributed by atoms with Gasteiger partial charge in [-0.1, -0.05) is 30.3 Å². The molecule has 1 spiro atoms. The van der Waals surface area contributed by atoms with Crippen LogP contribution in [0.25, 0.3) is 0 Å². The van der Waals surface area contributed by atoms with Crippen LogP contribution >= 0.6 is 0 Å². The Labute approximate surface area is 191 Å². The number of nitrogens with one attached hydrogen (secondary N) is 1. The van der Waals surface area contributed by atoms with E-state index in [2.05, 4.69) is 15.2 Å². The van der Waals surface area contributed by atoms with E-state index in [1.807, 2.05) is 54.3 Å². The van der Waals surface area contributed by atoms with Gasteiger partial charge in [-0.3, -0.25) is 19.7 Å². The predicted molar refractivity (Wildman–Crippen MR) is 118 cm³/mol. The summed E-state index contributed by atoms with van der Waals surface area (Å²) in [5.41, 5.74) is 0.325. The van der Waals surface area contributed by atoms with E-state index in [4.69, 9.17) is 19.8 Å². The van der Waals surface area contributed by atoms with Crippen LogP contribution in [0, 0.1) is 0 Å². The van der Waals surface area contributed by atoms with Crippen molar-refractivity contribution in [1.29, 1.82) is 0 Å². The number of amides is 3. The minimum Gasteiger partial charge on any atom is -0.483 e. The quantitative estimate of drug-likeness (QED) is 0.443. The molecule has 33 heavy (non-hydrogen) atoms. The molecule has 0 radical (unpaired) electrons. The largest absolute Gasteiger partial charge is 0.483 e. The van der Waals surface area contributed by atoms with Crippen LogP contribution in [0.4, 0.5) is 4.79 Å². The summed E-state index contributed by atoms with van der Waals surface area (Å²) >= 11 is 0. The molecule has 3 heterocycles. The molecule has 1 aromatic carbocycles. The summed E-state index contributed by atoms with van der Waals surface area (Å²) in [7, 11) is 2.00. The summed E-state index contributed by atoms with van der Waals surface area (Å²) in [4.78, 5) is 50.3. The van der Waals surface area contributed by atoms with Crippen LogP contribution in [-0.4, -0.2) is 79.6 Å². The van der Waals surface area contributed by atoms with E-state index in [0.717, 1.165) is 37.4 Å². The zero-order valence-corrected chi connectivity index (χ0v) is 18.5. The monoisotopic (exact) mass is 459 g/mol. The third kappa shape index (κ3) is 6.39. The van der Waals surface area contributed by atoms with Crippen LogP contribution in [0.5, 0.6) is 0 Å². The molecule has 0 aliphatic carbocycles. The molecule has 11 heteroatoms. The van der Waals surface area contributed by atoms with Crippen LogP contribution in [-0.2, 0) is 34.4 Å². The lowest BCUT2D eigenvalue weighted by Gasteiger charge is -2.42. The van der Waals surface area contributed by atoms with Crippen molar-refractivity contribution in [3.05, 3.63) is 54.1 Å². The Balaban J connectivity index is 0.000000582. The molecule has 1 aromatic heterocycles. The Hall–Kier alpha value is -3.73. The molecule has 4 rings (SSSR count). The van der Waals surface area contributed by atoms with Crippen molar-refractivity contribution < 1.29 is 29.4 Å². The highest BCUT2D eigenvalue weighted by Gasteiger charge is 2.53. The first-order valence-corrected chi connectivity index (χ1v) is 10.4. The number of urea groups is 1. The highest BCUT2D eigenvalue weighted by atomic mass is 16.3. The van der Waals surface area contributed by atoms with Gasteiger partial charge in [-0.25, -0.2) is 9.78 Å². The van der Waals surface area contributed by atoms with Gasteiger partial charge in [0.1, 0.15) is 11.4 Å². The number of nitrogens with zero attached hydrogens (tertiary/aromatic N) is 4. The molecular weight excluding hydrogens is 430 g/mol. The van der Waals surface area contributed by atoms with E-state index in [9.17, 15) is 9.59 Å². The highest BCUT2D eigenvalue weighted by molar-refractivity contribution is 6.07. The molecule has 2 aromatic rings. The number of benzene rings is 1. The predicted octanol–water partition coefficient (Wildman–Crippen LogP) is 0.951. The van der Waals surface area contributed by atoms with Crippen molar-refractivity contribution in [3.8, 4) is 0 Å². The number of piperidine rings is 1. The smallest absolute Gasteiger partial charge is 0.325 e. The minimum absolute atomic E-state index is 0.146. The molecule has 11 nitrogen and oxygen atoms in total. The normalized spacial score (nSPS) is 16.8. The van der Waals surface area contributed by atoms with Gasteiger partial charge in [0.2, 0.25) is 0 Å². The van der Waals surface area contributed by atoms with Crippen molar-refractivity contribution in [3.63, 3.8) is 0 Å². The molecule has 0 saturated carbocycles. The summed E-state index contributed by atoms with van der Waals surface area (Å²) in [5.74, 6) is 0.918. The molecule has 0 atom stereocenters.